The Morgan fingerprint density at radius 3 is 2.79 bits per heavy atom. The van der Waals surface area contributed by atoms with E-state index in [2.05, 4.69) is 16.3 Å². The Morgan fingerprint density at radius 2 is 2.16 bits per heavy atom. The molecule has 0 aliphatic carbocycles. The number of nitrogens with zero attached hydrogens (tertiary/aromatic N) is 1. The molecule has 1 aliphatic rings. The van der Waals surface area contributed by atoms with E-state index in [1.807, 2.05) is 19.1 Å². The topological polar surface area (TPSA) is 50.8 Å². The quantitative estimate of drug-likeness (QED) is 0.893. The van der Waals surface area contributed by atoms with Gasteiger partial charge in [-0.2, -0.15) is 0 Å². The maximum atomic E-state index is 11.5. The van der Waals surface area contributed by atoms with Crippen molar-refractivity contribution in [3.8, 4) is 0 Å². The monoisotopic (exact) mass is 264 g/mol. The fraction of sp³-hybridized carbons (Fsp3) is 0.500. The maximum Gasteiger partial charge on any atom is 0.250 e. The highest BCUT2D eigenvalue weighted by Crippen LogP contribution is 2.23. The van der Waals surface area contributed by atoms with E-state index in [1.165, 1.54) is 12.8 Å². The molecule has 0 radical (unpaired) electrons. The number of anilines is 2. The van der Waals surface area contributed by atoms with Crippen molar-refractivity contribution in [1.82, 2.24) is 0 Å². The lowest BCUT2D eigenvalue weighted by Gasteiger charge is -2.29. The lowest BCUT2D eigenvalue weighted by molar-refractivity contribution is -0.119. The number of benzene rings is 1. The van der Waals surface area contributed by atoms with Gasteiger partial charge in [0, 0.05) is 31.6 Å². The van der Waals surface area contributed by atoms with Crippen molar-refractivity contribution in [2.75, 3.05) is 50.2 Å². The molecule has 1 N–H and O–H groups in total. The van der Waals surface area contributed by atoms with Crippen LogP contribution in [-0.2, 0) is 14.3 Å². The Hall–Kier alpha value is -1.59. The minimum Gasteiger partial charge on any atom is -0.378 e. The summed E-state index contributed by atoms with van der Waals surface area (Å²) < 4.78 is 10.1. The molecule has 1 aromatic carbocycles. The summed E-state index contributed by atoms with van der Waals surface area (Å²) in [6, 6.07) is 6.06. The molecule has 1 heterocycles. The second-order valence-electron chi connectivity index (χ2n) is 4.58. The summed E-state index contributed by atoms with van der Waals surface area (Å²) in [7, 11) is 1.51. The SMILES string of the molecule is COCC(=O)Nc1ccc(N2CCOCC2)cc1C. The zero-order valence-electron chi connectivity index (χ0n) is 11.4. The first kappa shape index (κ1) is 13.8. The molecule has 0 bridgehead atoms. The number of hydrogen-bond acceptors (Lipinski definition) is 4. The Labute approximate surface area is 113 Å². The van der Waals surface area contributed by atoms with Crippen LogP contribution in [0.1, 0.15) is 5.56 Å². The second kappa shape index (κ2) is 6.54. The lowest BCUT2D eigenvalue weighted by Crippen LogP contribution is -2.36. The summed E-state index contributed by atoms with van der Waals surface area (Å²) in [5.41, 5.74) is 3.05. The molecule has 2 rings (SSSR count). The Balaban J connectivity index is 2.05. The molecule has 1 aliphatic heterocycles. The van der Waals surface area contributed by atoms with Crippen molar-refractivity contribution in [3.05, 3.63) is 23.8 Å². The normalized spacial score (nSPS) is 15.4. The number of aryl methyl sites for hydroxylation is 1. The van der Waals surface area contributed by atoms with Crippen LogP contribution in [-0.4, -0.2) is 45.9 Å². The van der Waals surface area contributed by atoms with Gasteiger partial charge in [-0.15, -0.1) is 0 Å². The molecule has 0 atom stereocenters. The minimum atomic E-state index is -0.135. The molecule has 1 saturated heterocycles. The number of nitrogens with one attached hydrogen (secondary N) is 1. The van der Waals surface area contributed by atoms with E-state index < -0.39 is 0 Å². The van der Waals surface area contributed by atoms with Gasteiger partial charge in [-0.25, -0.2) is 0 Å². The summed E-state index contributed by atoms with van der Waals surface area (Å²) in [4.78, 5) is 13.8. The number of carbonyl (C=O) groups is 1. The third-order valence-corrected chi connectivity index (χ3v) is 3.14. The fourth-order valence-electron chi connectivity index (χ4n) is 2.12. The number of ether oxygens (including phenoxy) is 2. The van der Waals surface area contributed by atoms with Crippen LogP contribution < -0.4 is 10.2 Å². The van der Waals surface area contributed by atoms with E-state index in [4.69, 9.17) is 9.47 Å². The number of morpholine rings is 1. The Morgan fingerprint density at radius 1 is 1.42 bits per heavy atom. The van der Waals surface area contributed by atoms with Crippen LogP contribution in [0.2, 0.25) is 0 Å². The summed E-state index contributed by atoms with van der Waals surface area (Å²) in [5.74, 6) is -0.135. The van der Waals surface area contributed by atoms with Crippen molar-refractivity contribution in [2.45, 2.75) is 6.92 Å². The van der Waals surface area contributed by atoms with Crippen LogP contribution >= 0.6 is 0 Å². The van der Waals surface area contributed by atoms with E-state index in [9.17, 15) is 4.79 Å². The van der Waals surface area contributed by atoms with Crippen LogP contribution in [0.4, 0.5) is 11.4 Å². The van der Waals surface area contributed by atoms with Gasteiger partial charge in [-0.05, 0) is 30.7 Å². The van der Waals surface area contributed by atoms with Gasteiger partial charge in [0.15, 0.2) is 0 Å². The Bertz CT molecular complexity index is 442. The molecule has 0 spiro atoms. The molecule has 0 aromatic heterocycles. The molecule has 1 fully saturated rings. The second-order valence-corrected chi connectivity index (χ2v) is 4.58. The van der Waals surface area contributed by atoms with Gasteiger partial charge in [-0.3, -0.25) is 4.79 Å². The molecule has 5 heteroatoms. The van der Waals surface area contributed by atoms with Crippen LogP contribution in [0.5, 0.6) is 0 Å². The zero-order valence-corrected chi connectivity index (χ0v) is 11.4. The van der Waals surface area contributed by atoms with Gasteiger partial charge in [-0.1, -0.05) is 0 Å². The molecule has 1 aromatic rings. The van der Waals surface area contributed by atoms with Gasteiger partial charge < -0.3 is 19.7 Å². The first-order valence-electron chi connectivity index (χ1n) is 6.43. The van der Waals surface area contributed by atoms with Gasteiger partial charge in [0.1, 0.15) is 6.61 Å². The van der Waals surface area contributed by atoms with Gasteiger partial charge in [0.25, 0.3) is 0 Å². The molecule has 0 saturated carbocycles. The zero-order chi connectivity index (χ0) is 13.7. The van der Waals surface area contributed by atoms with Crippen molar-refractivity contribution >= 4 is 17.3 Å². The molecule has 19 heavy (non-hydrogen) atoms. The van der Waals surface area contributed by atoms with Gasteiger partial charge >= 0.3 is 0 Å². The van der Waals surface area contributed by atoms with E-state index >= 15 is 0 Å². The van der Waals surface area contributed by atoms with Crippen molar-refractivity contribution in [3.63, 3.8) is 0 Å². The van der Waals surface area contributed by atoms with E-state index in [0.717, 1.165) is 37.6 Å². The summed E-state index contributed by atoms with van der Waals surface area (Å²) in [6.45, 7) is 5.43. The average molecular weight is 264 g/mol. The number of carbonyl (C=O) groups excluding carboxylic acids is 1. The number of amides is 1. The van der Waals surface area contributed by atoms with Crippen molar-refractivity contribution in [2.24, 2.45) is 0 Å². The molecular formula is C14H20N2O3. The van der Waals surface area contributed by atoms with Crippen LogP contribution in [0.25, 0.3) is 0 Å². The maximum absolute atomic E-state index is 11.5. The van der Waals surface area contributed by atoms with Crippen LogP contribution in [0.3, 0.4) is 0 Å². The van der Waals surface area contributed by atoms with E-state index in [1.54, 1.807) is 0 Å². The smallest absolute Gasteiger partial charge is 0.250 e. The van der Waals surface area contributed by atoms with Crippen molar-refractivity contribution < 1.29 is 14.3 Å². The molecule has 0 unspecified atom stereocenters. The molecule has 5 nitrogen and oxygen atoms in total. The van der Waals surface area contributed by atoms with Gasteiger partial charge in [0.05, 0.1) is 13.2 Å². The van der Waals surface area contributed by atoms with E-state index in [-0.39, 0.29) is 12.5 Å². The Kier molecular flexibility index (Phi) is 4.76. The predicted molar refractivity (Wildman–Crippen MR) is 74.7 cm³/mol. The first-order chi connectivity index (χ1) is 9.20. The van der Waals surface area contributed by atoms with Gasteiger partial charge in [0.2, 0.25) is 5.91 Å². The largest absolute Gasteiger partial charge is 0.378 e. The number of methoxy groups -OCH3 is 1. The number of rotatable bonds is 4. The average Bonchev–Trinajstić information content (AvgIpc) is 2.42. The standard InChI is InChI=1S/C14H20N2O3/c1-11-9-12(16-5-7-19-8-6-16)3-4-13(11)15-14(17)10-18-2/h3-4,9H,5-8,10H2,1-2H3,(H,15,17). The van der Waals surface area contributed by atoms with E-state index in [0.29, 0.717) is 0 Å². The third kappa shape index (κ3) is 3.68. The number of hydrogen-bond donors (Lipinski definition) is 1. The molecule has 104 valence electrons. The highest BCUT2D eigenvalue weighted by atomic mass is 16.5. The molecular weight excluding hydrogens is 244 g/mol. The van der Waals surface area contributed by atoms with Crippen LogP contribution in [0, 0.1) is 6.92 Å². The highest BCUT2D eigenvalue weighted by molar-refractivity contribution is 5.92. The highest BCUT2D eigenvalue weighted by Gasteiger charge is 2.12. The fourth-order valence-corrected chi connectivity index (χ4v) is 2.12. The first-order valence-corrected chi connectivity index (χ1v) is 6.43. The summed E-state index contributed by atoms with van der Waals surface area (Å²) >= 11 is 0. The summed E-state index contributed by atoms with van der Waals surface area (Å²) in [6.07, 6.45) is 0. The minimum absolute atomic E-state index is 0.0741. The molecule has 1 amide bonds. The van der Waals surface area contributed by atoms with Crippen molar-refractivity contribution in [1.29, 1.82) is 0 Å². The van der Waals surface area contributed by atoms with Crippen LogP contribution in [0.15, 0.2) is 18.2 Å². The predicted octanol–water partition coefficient (Wildman–Crippen LogP) is 1.42. The summed E-state index contributed by atoms with van der Waals surface area (Å²) in [5, 5.41) is 2.83. The third-order valence-electron chi connectivity index (χ3n) is 3.14. The lowest BCUT2D eigenvalue weighted by atomic mass is 10.1.